The van der Waals surface area contributed by atoms with Gasteiger partial charge in [0.15, 0.2) is 0 Å². The maximum absolute atomic E-state index is 12.2. The molecule has 120 valence electrons. The molecule has 7 nitrogen and oxygen atoms in total. The minimum absolute atomic E-state index is 0.164. The maximum atomic E-state index is 12.2. The van der Waals surface area contributed by atoms with E-state index in [1.54, 1.807) is 6.92 Å². The number of nitrogens with zero attached hydrogens (tertiary/aromatic N) is 1. The molecule has 3 N–H and O–H groups in total. The van der Waals surface area contributed by atoms with Gasteiger partial charge in [-0.25, -0.2) is 9.59 Å². The van der Waals surface area contributed by atoms with Crippen LogP contribution in [0.25, 0.3) is 0 Å². The molecule has 1 fully saturated rings. The summed E-state index contributed by atoms with van der Waals surface area (Å²) in [6, 6.07) is -0.511. The van der Waals surface area contributed by atoms with Crippen molar-refractivity contribution in [1.82, 2.24) is 15.5 Å². The molecule has 21 heavy (non-hydrogen) atoms. The number of carbonyl (C=O) groups is 3. The molecule has 0 radical (unpaired) electrons. The molecule has 7 heteroatoms. The van der Waals surface area contributed by atoms with Gasteiger partial charge in [0.25, 0.3) is 0 Å². The molecule has 0 saturated carbocycles. The third-order valence-corrected chi connectivity index (χ3v) is 3.51. The summed E-state index contributed by atoms with van der Waals surface area (Å²) in [5, 5.41) is 14.6. The van der Waals surface area contributed by atoms with Gasteiger partial charge in [0.05, 0.1) is 6.54 Å². The van der Waals surface area contributed by atoms with Crippen molar-refractivity contribution in [3.05, 3.63) is 0 Å². The molecule has 0 aliphatic carbocycles. The summed E-state index contributed by atoms with van der Waals surface area (Å²) in [5.41, 5.74) is -1.58. The number of carboxylic acid groups (broad SMARTS) is 1. The largest absolute Gasteiger partial charge is 0.480 e. The minimum atomic E-state index is -1.21. The van der Waals surface area contributed by atoms with Gasteiger partial charge in [-0.05, 0) is 47.0 Å². The fourth-order valence-corrected chi connectivity index (χ4v) is 2.38. The van der Waals surface area contributed by atoms with E-state index in [0.29, 0.717) is 13.0 Å². The molecule has 1 rings (SSSR count). The van der Waals surface area contributed by atoms with Crippen molar-refractivity contribution in [3.63, 3.8) is 0 Å². The molecule has 0 bridgehead atoms. The van der Waals surface area contributed by atoms with Gasteiger partial charge in [-0.2, -0.15) is 0 Å². The van der Waals surface area contributed by atoms with Crippen molar-refractivity contribution >= 4 is 17.9 Å². The molecule has 0 spiro atoms. The van der Waals surface area contributed by atoms with E-state index in [9.17, 15) is 19.5 Å². The van der Waals surface area contributed by atoms with Crippen LogP contribution < -0.4 is 10.6 Å². The van der Waals surface area contributed by atoms with Gasteiger partial charge < -0.3 is 20.6 Å². The van der Waals surface area contributed by atoms with Crippen molar-refractivity contribution in [2.75, 3.05) is 13.1 Å². The Kier molecular flexibility index (Phi) is 5.20. The summed E-state index contributed by atoms with van der Waals surface area (Å²) in [5.74, 6) is -1.32. The predicted molar refractivity (Wildman–Crippen MR) is 77.9 cm³/mol. The van der Waals surface area contributed by atoms with Gasteiger partial charge in [-0.3, -0.25) is 4.79 Å². The van der Waals surface area contributed by atoms with E-state index in [-0.39, 0.29) is 18.0 Å². The molecule has 1 aliphatic rings. The molecule has 1 heterocycles. The van der Waals surface area contributed by atoms with Crippen LogP contribution in [0.15, 0.2) is 0 Å². The number of urea groups is 1. The fraction of sp³-hybridized carbons (Fsp3) is 0.786. The highest BCUT2D eigenvalue weighted by molar-refractivity contribution is 5.88. The lowest BCUT2D eigenvalue weighted by atomic mass is 9.89. The van der Waals surface area contributed by atoms with Crippen LogP contribution in [0, 0.1) is 0 Å². The van der Waals surface area contributed by atoms with Crippen LogP contribution in [0.4, 0.5) is 4.79 Å². The van der Waals surface area contributed by atoms with Crippen molar-refractivity contribution in [1.29, 1.82) is 0 Å². The summed E-state index contributed by atoms with van der Waals surface area (Å²) in [6.45, 7) is 7.30. The van der Waals surface area contributed by atoms with Crippen LogP contribution in [0.5, 0.6) is 0 Å². The van der Waals surface area contributed by atoms with Crippen molar-refractivity contribution in [2.45, 2.75) is 58.0 Å². The van der Waals surface area contributed by atoms with Gasteiger partial charge in [-0.15, -0.1) is 0 Å². The van der Waals surface area contributed by atoms with E-state index >= 15 is 0 Å². The molecule has 1 aliphatic heterocycles. The van der Waals surface area contributed by atoms with Gasteiger partial charge in [0, 0.05) is 12.1 Å². The van der Waals surface area contributed by atoms with Crippen molar-refractivity contribution < 1.29 is 19.5 Å². The number of hydrogen-bond acceptors (Lipinski definition) is 3. The Morgan fingerprint density at radius 3 is 2.38 bits per heavy atom. The lowest BCUT2D eigenvalue weighted by molar-refractivity contribution is -0.150. The molecule has 0 aromatic carbocycles. The summed E-state index contributed by atoms with van der Waals surface area (Å²) in [4.78, 5) is 36.6. The minimum Gasteiger partial charge on any atom is -0.480 e. The van der Waals surface area contributed by atoms with Crippen LogP contribution in [-0.2, 0) is 9.59 Å². The molecular formula is C14H25N3O4. The molecule has 0 aromatic rings. The zero-order chi connectivity index (χ0) is 16.3. The van der Waals surface area contributed by atoms with Crippen LogP contribution in [0.2, 0.25) is 0 Å². The van der Waals surface area contributed by atoms with Crippen molar-refractivity contribution in [3.8, 4) is 0 Å². The van der Waals surface area contributed by atoms with Crippen LogP contribution in [0.1, 0.15) is 47.0 Å². The monoisotopic (exact) mass is 299 g/mol. The molecule has 1 unspecified atom stereocenters. The SMILES string of the molecule is CC(C)(C)NC(=O)CNC(=O)N1CCCCC1(C)C(=O)O. The number of likely N-dealkylation sites (tertiary alicyclic amines) is 1. The van der Waals surface area contributed by atoms with E-state index in [2.05, 4.69) is 10.6 Å². The quantitative estimate of drug-likeness (QED) is 0.722. The molecule has 3 amide bonds. The van der Waals surface area contributed by atoms with Gasteiger partial charge in [-0.1, -0.05) is 0 Å². The van der Waals surface area contributed by atoms with E-state index < -0.39 is 17.5 Å². The topological polar surface area (TPSA) is 98.7 Å². The number of piperidine rings is 1. The van der Waals surface area contributed by atoms with Crippen LogP contribution in [-0.4, -0.2) is 52.1 Å². The maximum Gasteiger partial charge on any atom is 0.329 e. The van der Waals surface area contributed by atoms with Gasteiger partial charge >= 0.3 is 12.0 Å². The van der Waals surface area contributed by atoms with Crippen LogP contribution >= 0.6 is 0 Å². The van der Waals surface area contributed by atoms with E-state index in [1.165, 1.54) is 4.90 Å². The third kappa shape index (κ3) is 4.61. The van der Waals surface area contributed by atoms with Crippen LogP contribution in [0.3, 0.4) is 0 Å². The number of amides is 3. The number of carbonyl (C=O) groups excluding carboxylic acids is 2. The van der Waals surface area contributed by atoms with Crippen molar-refractivity contribution in [2.24, 2.45) is 0 Å². The summed E-state index contributed by atoms with van der Waals surface area (Å²) < 4.78 is 0. The number of rotatable bonds is 3. The Bertz CT molecular complexity index is 430. The average molecular weight is 299 g/mol. The summed E-state index contributed by atoms with van der Waals surface area (Å²) in [6.07, 6.45) is 1.96. The highest BCUT2D eigenvalue weighted by Gasteiger charge is 2.43. The zero-order valence-corrected chi connectivity index (χ0v) is 13.2. The first-order chi connectivity index (χ1) is 9.56. The molecule has 1 saturated heterocycles. The zero-order valence-electron chi connectivity index (χ0n) is 13.2. The first-order valence-electron chi connectivity index (χ1n) is 7.16. The first-order valence-corrected chi connectivity index (χ1v) is 7.16. The normalized spacial score (nSPS) is 22.6. The Morgan fingerprint density at radius 1 is 1.24 bits per heavy atom. The first kappa shape index (κ1) is 17.3. The number of nitrogens with one attached hydrogen (secondary N) is 2. The number of aliphatic carboxylic acids is 1. The highest BCUT2D eigenvalue weighted by Crippen LogP contribution is 2.28. The standard InChI is InChI=1S/C14H25N3O4/c1-13(2,3)16-10(18)9-15-12(21)17-8-6-5-7-14(17,4)11(19)20/h5-9H2,1-4H3,(H,15,21)(H,16,18)(H,19,20). The molecular weight excluding hydrogens is 274 g/mol. The molecule has 0 aromatic heterocycles. The highest BCUT2D eigenvalue weighted by atomic mass is 16.4. The smallest absolute Gasteiger partial charge is 0.329 e. The summed E-state index contributed by atoms with van der Waals surface area (Å²) >= 11 is 0. The van der Waals surface area contributed by atoms with E-state index in [4.69, 9.17) is 0 Å². The number of hydrogen-bond donors (Lipinski definition) is 3. The fourth-order valence-electron chi connectivity index (χ4n) is 2.38. The third-order valence-electron chi connectivity index (χ3n) is 3.51. The average Bonchev–Trinajstić information content (AvgIpc) is 2.34. The number of carboxylic acids is 1. The van der Waals surface area contributed by atoms with Gasteiger partial charge in [0.1, 0.15) is 5.54 Å². The summed E-state index contributed by atoms with van der Waals surface area (Å²) in [7, 11) is 0. The van der Waals surface area contributed by atoms with E-state index in [1.807, 2.05) is 20.8 Å². The second-order valence-electron chi connectivity index (χ2n) is 6.64. The Hall–Kier alpha value is -1.79. The lowest BCUT2D eigenvalue weighted by Gasteiger charge is -2.41. The Balaban J connectivity index is 2.61. The Labute approximate surface area is 125 Å². The Morgan fingerprint density at radius 2 is 1.86 bits per heavy atom. The predicted octanol–water partition coefficient (Wildman–Crippen LogP) is 0.940. The lowest BCUT2D eigenvalue weighted by Crippen LogP contribution is -2.60. The molecule has 1 atom stereocenters. The second kappa shape index (κ2) is 6.32. The van der Waals surface area contributed by atoms with Gasteiger partial charge in [0.2, 0.25) is 5.91 Å². The van der Waals surface area contributed by atoms with E-state index in [0.717, 1.165) is 12.8 Å². The second-order valence-corrected chi connectivity index (χ2v) is 6.64.